The number of carbonyl (C=O) groups is 1. The van der Waals surface area contributed by atoms with Gasteiger partial charge in [-0.2, -0.15) is 0 Å². The molecule has 0 bridgehead atoms. The summed E-state index contributed by atoms with van der Waals surface area (Å²) in [5.74, 6) is 2.04. The lowest BCUT2D eigenvalue weighted by molar-refractivity contribution is 0.0975. The maximum absolute atomic E-state index is 13.0. The smallest absolute Gasteiger partial charge is 0.170 e. The van der Waals surface area contributed by atoms with Gasteiger partial charge in [0.1, 0.15) is 22.8 Å². The number of benzene rings is 2. The van der Waals surface area contributed by atoms with Crippen LogP contribution in [-0.2, 0) is 12.8 Å². The van der Waals surface area contributed by atoms with Crippen LogP contribution in [0.1, 0.15) is 55.6 Å². The minimum Gasteiger partial charge on any atom is -0.494 e. The van der Waals surface area contributed by atoms with Crippen LogP contribution in [0.2, 0.25) is 0 Å². The van der Waals surface area contributed by atoms with Crippen LogP contribution in [0.25, 0.3) is 0 Å². The first-order valence-electron chi connectivity index (χ1n) is 9.80. The molecule has 2 rings (SSSR count). The van der Waals surface area contributed by atoms with Crippen molar-refractivity contribution < 1.29 is 19.0 Å². The third-order valence-electron chi connectivity index (χ3n) is 4.32. The summed E-state index contributed by atoms with van der Waals surface area (Å²) in [5.41, 5.74) is 2.84. The molecule has 0 atom stereocenters. The summed E-state index contributed by atoms with van der Waals surface area (Å²) in [6, 6.07) is 11.7. The fourth-order valence-electron chi connectivity index (χ4n) is 3.05. The van der Waals surface area contributed by atoms with Gasteiger partial charge in [0.05, 0.1) is 19.8 Å². The van der Waals surface area contributed by atoms with Gasteiger partial charge in [0, 0.05) is 6.42 Å². The summed E-state index contributed by atoms with van der Waals surface area (Å²) in [4.78, 5) is 13.0. The largest absolute Gasteiger partial charge is 0.494 e. The van der Waals surface area contributed by atoms with E-state index < -0.39 is 0 Å². The Morgan fingerprint density at radius 1 is 0.815 bits per heavy atom. The van der Waals surface area contributed by atoms with Gasteiger partial charge in [-0.15, -0.1) is 0 Å². The van der Waals surface area contributed by atoms with Crippen molar-refractivity contribution in [2.45, 2.75) is 47.0 Å². The van der Waals surface area contributed by atoms with Crippen LogP contribution in [-0.4, -0.2) is 25.6 Å². The van der Waals surface area contributed by atoms with Crippen molar-refractivity contribution >= 4 is 5.78 Å². The van der Waals surface area contributed by atoms with E-state index in [1.165, 1.54) is 5.56 Å². The van der Waals surface area contributed by atoms with E-state index in [1.807, 2.05) is 45.0 Å². The highest BCUT2D eigenvalue weighted by Crippen LogP contribution is 2.31. The molecule has 0 fully saturated rings. The molecule has 0 saturated carbocycles. The van der Waals surface area contributed by atoms with Gasteiger partial charge in [-0.25, -0.2) is 0 Å². The average Bonchev–Trinajstić information content (AvgIpc) is 2.68. The molecule has 0 aliphatic rings. The molecule has 0 unspecified atom stereocenters. The van der Waals surface area contributed by atoms with E-state index in [0.717, 1.165) is 17.7 Å². The van der Waals surface area contributed by atoms with Crippen LogP contribution in [0.3, 0.4) is 0 Å². The molecule has 0 amide bonds. The minimum atomic E-state index is 0.0202. The Kier molecular flexibility index (Phi) is 8.18. The number of rotatable bonds is 11. The molecule has 0 N–H and O–H groups in total. The maximum Gasteiger partial charge on any atom is 0.170 e. The van der Waals surface area contributed by atoms with Crippen molar-refractivity contribution in [3.05, 3.63) is 53.1 Å². The summed E-state index contributed by atoms with van der Waals surface area (Å²) < 4.78 is 17.1. The highest BCUT2D eigenvalue weighted by Gasteiger charge is 2.19. The Hall–Kier alpha value is -2.49. The molecule has 4 heteroatoms. The van der Waals surface area contributed by atoms with E-state index in [1.54, 1.807) is 0 Å². The van der Waals surface area contributed by atoms with Gasteiger partial charge in [0.25, 0.3) is 0 Å². The quantitative estimate of drug-likeness (QED) is 0.506. The van der Waals surface area contributed by atoms with Crippen LogP contribution in [0.4, 0.5) is 0 Å². The van der Waals surface area contributed by atoms with Gasteiger partial charge in [-0.05, 0) is 62.9 Å². The van der Waals surface area contributed by atoms with Crippen LogP contribution in [0, 0.1) is 0 Å². The summed E-state index contributed by atoms with van der Waals surface area (Å²) in [6.45, 7) is 9.52. The van der Waals surface area contributed by atoms with E-state index in [-0.39, 0.29) is 5.78 Å². The maximum atomic E-state index is 13.0. The van der Waals surface area contributed by atoms with Crippen molar-refractivity contribution in [2.75, 3.05) is 19.8 Å². The molecular formula is C23H30O4. The highest BCUT2D eigenvalue weighted by atomic mass is 16.5. The molecule has 0 aliphatic carbocycles. The molecule has 0 heterocycles. The van der Waals surface area contributed by atoms with Crippen molar-refractivity contribution in [3.8, 4) is 17.2 Å². The molecule has 146 valence electrons. The van der Waals surface area contributed by atoms with Crippen molar-refractivity contribution in [1.29, 1.82) is 0 Å². The number of Topliss-reactive ketones (excluding diaryl/α,β-unsaturated/α-hetero) is 1. The van der Waals surface area contributed by atoms with Crippen LogP contribution in [0.5, 0.6) is 17.2 Å². The van der Waals surface area contributed by atoms with Crippen molar-refractivity contribution in [2.24, 2.45) is 0 Å². The lowest BCUT2D eigenvalue weighted by Crippen LogP contribution is -2.09. The second-order valence-corrected chi connectivity index (χ2v) is 6.15. The molecule has 0 aromatic heterocycles. The van der Waals surface area contributed by atoms with Gasteiger partial charge >= 0.3 is 0 Å². The summed E-state index contributed by atoms with van der Waals surface area (Å²) in [6.07, 6.45) is 1.94. The first-order valence-corrected chi connectivity index (χ1v) is 9.80. The number of carbonyl (C=O) groups excluding carboxylic acids is 1. The minimum absolute atomic E-state index is 0.0202. The highest BCUT2D eigenvalue weighted by molar-refractivity contribution is 6.01. The predicted molar refractivity (Wildman–Crippen MR) is 108 cm³/mol. The zero-order valence-corrected chi connectivity index (χ0v) is 16.8. The van der Waals surface area contributed by atoms with Gasteiger partial charge in [0.2, 0.25) is 0 Å². The fourth-order valence-corrected chi connectivity index (χ4v) is 3.05. The number of ether oxygens (including phenoxy) is 3. The van der Waals surface area contributed by atoms with Gasteiger partial charge < -0.3 is 14.2 Å². The van der Waals surface area contributed by atoms with Crippen LogP contribution >= 0.6 is 0 Å². The number of hydrogen-bond donors (Lipinski definition) is 0. The molecule has 2 aromatic rings. The normalized spacial score (nSPS) is 10.5. The number of hydrogen-bond acceptors (Lipinski definition) is 4. The van der Waals surface area contributed by atoms with E-state index in [2.05, 4.69) is 19.1 Å². The Bertz CT molecular complexity index is 728. The summed E-state index contributed by atoms with van der Waals surface area (Å²) >= 11 is 0. The van der Waals surface area contributed by atoms with Gasteiger partial charge in [-0.3, -0.25) is 4.79 Å². The molecule has 0 radical (unpaired) electrons. The third-order valence-corrected chi connectivity index (χ3v) is 4.32. The topological polar surface area (TPSA) is 44.8 Å². The van der Waals surface area contributed by atoms with E-state index in [9.17, 15) is 4.79 Å². The Morgan fingerprint density at radius 3 is 1.96 bits per heavy atom. The van der Waals surface area contributed by atoms with E-state index >= 15 is 0 Å². The zero-order valence-electron chi connectivity index (χ0n) is 16.8. The molecule has 4 nitrogen and oxygen atoms in total. The fraction of sp³-hybridized carbons (Fsp3) is 0.435. The van der Waals surface area contributed by atoms with Crippen molar-refractivity contribution in [1.82, 2.24) is 0 Å². The second-order valence-electron chi connectivity index (χ2n) is 6.15. The summed E-state index contributed by atoms with van der Waals surface area (Å²) in [5, 5.41) is 0. The second kappa shape index (κ2) is 10.6. The molecule has 27 heavy (non-hydrogen) atoms. The summed E-state index contributed by atoms with van der Waals surface area (Å²) in [7, 11) is 0. The first kappa shape index (κ1) is 20.8. The SMILES string of the molecule is CCOc1ccc(CC)cc1CCC(=O)c1c(OCC)cccc1OCC. The Morgan fingerprint density at radius 2 is 1.41 bits per heavy atom. The Labute approximate surface area is 162 Å². The standard InChI is InChI=1S/C23H30O4/c1-5-17-12-15-20(25-6-2)18(16-17)13-14-19(24)23-21(26-7-3)10-9-11-22(23)27-8-4/h9-12,15-16H,5-8,13-14H2,1-4H3. The molecular weight excluding hydrogens is 340 g/mol. The molecule has 2 aromatic carbocycles. The van der Waals surface area contributed by atoms with E-state index in [4.69, 9.17) is 14.2 Å². The monoisotopic (exact) mass is 370 g/mol. The molecule has 0 aliphatic heterocycles. The Balaban J connectivity index is 2.25. The number of ketones is 1. The predicted octanol–water partition coefficient (Wildman–Crippen LogP) is 5.26. The first-order chi connectivity index (χ1) is 13.1. The van der Waals surface area contributed by atoms with Crippen LogP contribution < -0.4 is 14.2 Å². The molecule has 0 saturated heterocycles. The number of aryl methyl sites for hydroxylation is 2. The lowest BCUT2D eigenvalue weighted by Gasteiger charge is -2.15. The zero-order chi connectivity index (χ0) is 19.6. The third kappa shape index (κ3) is 5.49. The lowest BCUT2D eigenvalue weighted by atomic mass is 9.99. The average molecular weight is 370 g/mol. The van der Waals surface area contributed by atoms with E-state index in [0.29, 0.717) is 49.7 Å². The van der Waals surface area contributed by atoms with Crippen molar-refractivity contribution in [3.63, 3.8) is 0 Å². The molecule has 0 spiro atoms. The van der Waals surface area contributed by atoms with Gasteiger partial charge in [0.15, 0.2) is 5.78 Å². The van der Waals surface area contributed by atoms with Crippen LogP contribution in [0.15, 0.2) is 36.4 Å². The van der Waals surface area contributed by atoms with Gasteiger partial charge in [-0.1, -0.05) is 25.1 Å².